The minimum atomic E-state index is 0.774. The number of aromatic nitrogens is 2. The van der Waals surface area contributed by atoms with Gasteiger partial charge in [0.2, 0.25) is 0 Å². The zero-order valence-electron chi connectivity index (χ0n) is 9.95. The molecule has 0 amide bonds. The van der Waals surface area contributed by atoms with Gasteiger partial charge in [0.1, 0.15) is 0 Å². The second-order valence-electron chi connectivity index (χ2n) is 3.72. The second kappa shape index (κ2) is 5.72. The molecule has 15 heavy (non-hydrogen) atoms. The zero-order valence-corrected chi connectivity index (χ0v) is 9.95. The van der Waals surface area contributed by atoms with E-state index < -0.39 is 0 Å². The predicted octanol–water partition coefficient (Wildman–Crippen LogP) is 0.173. The van der Waals surface area contributed by atoms with Gasteiger partial charge in [0, 0.05) is 13.1 Å². The first-order valence-corrected chi connectivity index (χ1v) is 5.07. The summed E-state index contributed by atoms with van der Waals surface area (Å²) in [6.45, 7) is 2.63. The highest BCUT2D eigenvalue weighted by molar-refractivity contribution is 5.24. The number of nitrogens with one attached hydrogen (secondary N) is 1. The summed E-state index contributed by atoms with van der Waals surface area (Å²) < 4.78 is 7.23. The molecule has 5 heteroatoms. The molecule has 0 atom stereocenters. The summed E-state index contributed by atoms with van der Waals surface area (Å²) in [5.74, 6) is 0.850. The van der Waals surface area contributed by atoms with Crippen LogP contribution in [0.15, 0.2) is 6.20 Å². The van der Waals surface area contributed by atoms with Crippen LogP contribution in [0.4, 0.5) is 0 Å². The molecule has 1 aromatic heterocycles. The van der Waals surface area contributed by atoms with Gasteiger partial charge in [-0.25, -0.2) is 0 Å². The predicted molar refractivity (Wildman–Crippen MR) is 60.1 cm³/mol. The van der Waals surface area contributed by atoms with Crippen molar-refractivity contribution in [1.82, 2.24) is 20.0 Å². The molecule has 1 aromatic rings. The minimum Gasteiger partial charge on any atom is -0.493 e. The first-order valence-electron chi connectivity index (χ1n) is 5.07. The van der Waals surface area contributed by atoms with Crippen LogP contribution < -0.4 is 10.1 Å². The molecular weight excluding hydrogens is 192 g/mol. The lowest BCUT2D eigenvalue weighted by Crippen LogP contribution is -2.21. The van der Waals surface area contributed by atoms with Crippen LogP contribution in [0.3, 0.4) is 0 Å². The summed E-state index contributed by atoms with van der Waals surface area (Å²) in [6.07, 6.45) is 1.77. The van der Waals surface area contributed by atoms with Gasteiger partial charge < -0.3 is 15.0 Å². The fraction of sp³-hybridized carbons (Fsp3) is 0.700. The SMILES string of the molecule is CNCc1c(OC)cnn1CCN(C)C. The van der Waals surface area contributed by atoms with Gasteiger partial charge in [0.05, 0.1) is 25.5 Å². The molecule has 1 N–H and O–H groups in total. The van der Waals surface area contributed by atoms with Crippen molar-refractivity contribution < 1.29 is 4.74 Å². The van der Waals surface area contributed by atoms with Crippen molar-refractivity contribution in [3.8, 4) is 5.75 Å². The fourth-order valence-corrected chi connectivity index (χ4v) is 1.40. The molecule has 0 saturated carbocycles. The second-order valence-corrected chi connectivity index (χ2v) is 3.72. The standard InChI is InChI=1S/C10H20N4O/c1-11-7-9-10(15-4)8-12-14(9)6-5-13(2)3/h8,11H,5-7H2,1-4H3. The van der Waals surface area contributed by atoms with E-state index in [1.165, 1.54) is 0 Å². The van der Waals surface area contributed by atoms with E-state index >= 15 is 0 Å². The van der Waals surface area contributed by atoms with E-state index in [4.69, 9.17) is 4.74 Å². The van der Waals surface area contributed by atoms with Gasteiger partial charge in [-0.05, 0) is 21.1 Å². The zero-order chi connectivity index (χ0) is 11.3. The van der Waals surface area contributed by atoms with E-state index in [0.717, 1.165) is 31.1 Å². The Morgan fingerprint density at radius 2 is 2.27 bits per heavy atom. The Kier molecular flexibility index (Phi) is 4.58. The van der Waals surface area contributed by atoms with Crippen LogP contribution in [0, 0.1) is 0 Å². The van der Waals surface area contributed by atoms with Crippen molar-refractivity contribution in [3.05, 3.63) is 11.9 Å². The Morgan fingerprint density at radius 1 is 1.53 bits per heavy atom. The normalized spacial score (nSPS) is 11.0. The molecule has 0 aromatic carbocycles. The van der Waals surface area contributed by atoms with Crippen molar-refractivity contribution >= 4 is 0 Å². The largest absolute Gasteiger partial charge is 0.493 e. The van der Waals surface area contributed by atoms with Crippen LogP contribution in [0.2, 0.25) is 0 Å². The summed E-state index contributed by atoms with van der Waals surface area (Å²) in [7, 11) is 7.70. The molecule has 0 radical (unpaired) electrons. The molecule has 0 aliphatic carbocycles. The van der Waals surface area contributed by atoms with E-state index in [2.05, 4.69) is 29.4 Å². The van der Waals surface area contributed by atoms with Crippen LogP contribution >= 0.6 is 0 Å². The molecular formula is C10H20N4O. The van der Waals surface area contributed by atoms with Gasteiger partial charge in [-0.3, -0.25) is 4.68 Å². The molecule has 0 bridgehead atoms. The average Bonchev–Trinajstić information content (AvgIpc) is 2.58. The molecule has 0 fully saturated rings. The molecule has 1 rings (SSSR count). The Balaban J connectivity index is 2.72. The maximum atomic E-state index is 5.25. The molecule has 1 heterocycles. The minimum absolute atomic E-state index is 0.774. The van der Waals surface area contributed by atoms with Crippen molar-refractivity contribution in [2.24, 2.45) is 0 Å². The fourth-order valence-electron chi connectivity index (χ4n) is 1.40. The first kappa shape index (κ1) is 12.0. The van der Waals surface area contributed by atoms with Crippen LogP contribution in [0.5, 0.6) is 5.75 Å². The Bertz CT molecular complexity index is 296. The molecule has 0 spiro atoms. The quantitative estimate of drug-likeness (QED) is 0.730. The van der Waals surface area contributed by atoms with Crippen molar-refractivity contribution in [1.29, 1.82) is 0 Å². The van der Waals surface area contributed by atoms with Crippen molar-refractivity contribution in [2.75, 3.05) is 34.8 Å². The molecule has 0 aliphatic rings. The van der Waals surface area contributed by atoms with Gasteiger partial charge in [0.15, 0.2) is 5.75 Å². The van der Waals surface area contributed by atoms with Crippen LogP contribution in [-0.2, 0) is 13.1 Å². The molecule has 86 valence electrons. The average molecular weight is 212 g/mol. The van der Waals surface area contributed by atoms with Gasteiger partial charge in [-0.15, -0.1) is 0 Å². The topological polar surface area (TPSA) is 42.3 Å². The van der Waals surface area contributed by atoms with E-state index in [1.807, 2.05) is 11.7 Å². The third-order valence-corrected chi connectivity index (χ3v) is 2.23. The van der Waals surface area contributed by atoms with Gasteiger partial charge in [0.25, 0.3) is 0 Å². The lowest BCUT2D eigenvalue weighted by atomic mass is 10.4. The number of ether oxygens (including phenoxy) is 1. The molecule has 0 unspecified atom stereocenters. The molecule has 0 aliphatic heterocycles. The molecule has 5 nitrogen and oxygen atoms in total. The maximum Gasteiger partial charge on any atom is 0.161 e. The van der Waals surface area contributed by atoms with Gasteiger partial charge in [-0.1, -0.05) is 0 Å². The highest BCUT2D eigenvalue weighted by Crippen LogP contribution is 2.16. The van der Waals surface area contributed by atoms with E-state index in [9.17, 15) is 0 Å². The van der Waals surface area contributed by atoms with E-state index in [-0.39, 0.29) is 0 Å². The van der Waals surface area contributed by atoms with Crippen LogP contribution in [0.25, 0.3) is 0 Å². The number of likely N-dealkylation sites (N-methyl/N-ethyl adjacent to an activating group) is 1. The third kappa shape index (κ3) is 3.21. The lowest BCUT2D eigenvalue weighted by molar-refractivity contribution is 0.364. The summed E-state index contributed by atoms with van der Waals surface area (Å²) in [4.78, 5) is 2.14. The molecule has 0 saturated heterocycles. The monoisotopic (exact) mass is 212 g/mol. The number of hydrogen-bond donors (Lipinski definition) is 1. The third-order valence-electron chi connectivity index (χ3n) is 2.23. The Hall–Kier alpha value is -1.07. The summed E-state index contributed by atoms with van der Waals surface area (Å²) in [5.41, 5.74) is 1.10. The van der Waals surface area contributed by atoms with E-state index in [1.54, 1.807) is 13.3 Å². The van der Waals surface area contributed by atoms with Gasteiger partial charge >= 0.3 is 0 Å². The maximum absolute atomic E-state index is 5.25. The summed E-state index contributed by atoms with van der Waals surface area (Å²) >= 11 is 0. The first-order chi connectivity index (χ1) is 7.19. The number of rotatable bonds is 6. The number of methoxy groups -OCH3 is 1. The highest BCUT2D eigenvalue weighted by atomic mass is 16.5. The number of hydrogen-bond acceptors (Lipinski definition) is 4. The van der Waals surface area contributed by atoms with Gasteiger partial charge in [-0.2, -0.15) is 5.10 Å². The summed E-state index contributed by atoms with van der Waals surface area (Å²) in [6, 6.07) is 0. The Morgan fingerprint density at radius 3 is 2.80 bits per heavy atom. The van der Waals surface area contributed by atoms with E-state index in [0.29, 0.717) is 0 Å². The number of nitrogens with zero attached hydrogens (tertiary/aromatic N) is 3. The Labute approximate surface area is 91.0 Å². The lowest BCUT2D eigenvalue weighted by Gasteiger charge is -2.12. The van der Waals surface area contributed by atoms with Crippen LogP contribution in [0.1, 0.15) is 5.69 Å². The summed E-state index contributed by atoms with van der Waals surface area (Å²) in [5, 5.41) is 7.42. The van der Waals surface area contributed by atoms with Crippen molar-refractivity contribution in [3.63, 3.8) is 0 Å². The smallest absolute Gasteiger partial charge is 0.161 e. The van der Waals surface area contributed by atoms with Crippen molar-refractivity contribution in [2.45, 2.75) is 13.1 Å². The van der Waals surface area contributed by atoms with Crippen LogP contribution in [-0.4, -0.2) is 49.5 Å². The highest BCUT2D eigenvalue weighted by Gasteiger charge is 2.09.